The number of allylic oxidation sites excluding steroid dienone is 1. The summed E-state index contributed by atoms with van der Waals surface area (Å²) in [7, 11) is 0. The molecule has 1 heterocycles. The molecule has 0 radical (unpaired) electrons. The average Bonchev–Trinajstić information content (AvgIpc) is 2.62. The number of benzene rings is 1. The van der Waals surface area contributed by atoms with Gasteiger partial charge in [-0.1, -0.05) is 23.8 Å². The highest BCUT2D eigenvalue weighted by atomic mass is 19.1. The third-order valence-corrected chi connectivity index (χ3v) is 4.36. The molecule has 2 aromatic rings. The number of nitrogens with zero attached hydrogens (tertiary/aromatic N) is 2. The maximum Gasteiger partial charge on any atom is 0.225 e. The van der Waals surface area contributed by atoms with Gasteiger partial charge in [-0.15, -0.1) is 0 Å². The van der Waals surface area contributed by atoms with Gasteiger partial charge in [-0.3, -0.25) is 0 Å². The van der Waals surface area contributed by atoms with E-state index in [1.807, 2.05) is 13.0 Å². The largest absolute Gasteiger partial charge is 0.370 e. The Morgan fingerprint density at radius 1 is 1.08 bits per heavy atom. The van der Waals surface area contributed by atoms with Gasteiger partial charge >= 0.3 is 0 Å². The molecule has 1 aliphatic rings. The van der Waals surface area contributed by atoms with Crippen molar-refractivity contribution in [2.24, 2.45) is 0 Å². The molecule has 0 saturated heterocycles. The molecule has 3 rings (SSSR count). The van der Waals surface area contributed by atoms with Gasteiger partial charge in [0.2, 0.25) is 5.95 Å². The van der Waals surface area contributed by atoms with E-state index in [4.69, 9.17) is 0 Å². The van der Waals surface area contributed by atoms with Crippen LogP contribution in [-0.2, 0) is 6.54 Å². The predicted octanol–water partition coefficient (Wildman–Crippen LogP) is 4.84. The summed E-state index contributed by atoms with van der Waals surface area (Å²) in [5.74, 6) is 1.20. The zero-order valence-corrected chi connectivity index (χ0v) is 14.7. The molecule has 0 bridgehead atoms. The summed E-state index contributed by atoms with van der Waals surface area (Å²) in [5, 5.41) is 6.60. The first kappa shape index (κ1) is 17.4. The molecular weight excluding hydrogens is 315 g/mol. The van der Waals surface area contributed by atoms with E-state index >= 15 is 0 Å². The lowest BCUT2D eigenvalue weighted by Crippen LogP contribution is -2.09. The summed E-state index contributed by atoms with van der Waals surface area (Å²) >= 11 is 0. The van der Waals surface area contributed by atoms with Gasteiger partial charge in [0.05, 0.1) is 0 Å². The zero-order valence-electron chi connectivity index (χ0n) is 14.7. The summed E-state index contributed by atoms with van der Waals surface area (Å²) in [6.07, 6.45) is 8.54. The lowest BCUT2D eigenvalue weighted by Gasteiger charge is -2.14. The molecule has 0 saturated carbocycles. The van der Waals surface area contributed by atoms with Crippen LogP contribution in [0.15, 0.2) is 42.0 Å². The number of hydrogen-bond acceptors (Lipinski definition) is 4. The first-order valence-corrected chi connectivity index (χ1v) is 8.95. The second kappa shape index (κ2) is 8.60. The van der Waals surface area contributed by atoms with Crippen molar-refractivity contribution >= 4 is 11.8 Å². The number of aryl methyl sites for hydroxylation is 1. The quantitative estimate of drug-likeness (QED) is 0.708. The van der Waals surface area contributed by atoms with E-state index in [1.165, 1.54) is 37.8 Å². The molecule has 0 atom stereocenters. The molecule has 1 aromatic carbocycles. The molecule has 25 heavy (non-hydrogen) atoms. The fourth-order valence-corrected chi connectivity index (χ4v) is 3.00. The minimum atomic E-state index is -0.227. The van der Waals surface area contributed by atoms with Crippen molar-refractivity contribution in [3.8, 4) is 0 Å². The summed E-state index contributed by atoms with van der Waals surface area (Å²) in [6, 6.07) is 8.39. The lowest BCUT2D eigenvalue weighted by atomic mass is 9.97. The molecule has 0 amide bonds. The van der Waals surface area contributed by atoms with Gasteiger partial charge in [0.25, 0.3) is 0 Å². The average molecular weight is 340 g/mol. The third kappa shape index (κ3) is 5.55. The Hall–Kier alpha value is -2.43. The number of aromatic nitrogens is 2. The van der Waals surface area contributed by atoms with Crippen molar-refractivity contribution < 1.29 is 4.39 Å². The second-order valence-electron chi connectivity index (χ2n) is 6.48. The van der Waals surface area contributed by atoms with Crippen molar-refractivity contribution in [2.75, 3.05) is 17.2 Å². The van der Waals surface area contributed by atoms with Crippen LogP contribution in [-0.4, -0.2) is 16.5 Å². The molecule has 2 N–H and O–H groups in total. The van der Waals surface area contributed by atoms with E-state index in [0.717, 1.165) is 30.0 Å². The standard InChI is InChI=1S/C20H25FN4/c1-15-13-19(22-12-11-16-5-3-2-4-6-16)25-20(24-15)23-14-17-7-9-18(21)10-8-17/h5,7-10,13H,2-4,6,11-12,14H2,1H3,(H2,22,23,24,25). The predicted molar refractivity (Wildman–Crippen MR) is 100 cm³/mol. The van der Waals surface area contributed by atoms with E-state index < -0.39 is 0 Å². The Morgan fingerprint density at radius 2 is 1.92 bits per heavy atom. The minimum absolute atomic E-state index is 0.227. The van der Waals surface area contributed by atoms with Crippen molar-refractivity contribution in [2.45, 2.75) is 45.6 Å². The molecule has 0 spiro atoms. The van der Waals surface area contributed by atoms with Gasteiger partial charge in [-0.2, -0.15) is 4.98 Å². The molecule has 4 nitrogen and oxygen atoms in total. The van der Waals surface area contributed by atoms with Crippen LogP contribution >= 0.6 is 0 Å². The Morgan fingerprint density at radius 3 is 2.68 bits per heavy atom. The Labute approximate surface area is 148 Å². The maximum absolute atomic E-state index is 13.0. The van der Waals surface area contributed by atoms with Gasteiger partial charge < -0.3 is 10.6 Å². The van der Waals surface area contributed by atoms with Gasteiger partial charge in [0.1, 0.15) is 11.6 Å². The number of hydrogen-bond donors (Lipinski definition) is 2. The Bertz CT molecular complexity index is 725. The number of halogens is 1. The molecule has 0 aliphatic heterocycles. The van der Waals surface area contributed by atoms with Crippen molar-refractivity contribution in [1.82, 2.24) is 9.97 Å². The van der Waals surface area contributed by atoms with E-state index in [0.29, 0.717) is 12.5 Å². The van der Waals surface area contributed by atoms with Crippen molar-refractivity contribution in [3.05, 3.63) is 59.1 Å². The fraction of sp³-hybridized carbons (Fsp3) is 0.400. The van der Waals surface area contributed by atoms with E-state index in [9.17, 15) is 4.39 Å². The highest BCUT2D eigenvalue weighted by Gasteiger charge is 2.05. The fourth-order valence-electron chi connectivity index (χ4n) is 3.00. The van der Waals surface area contributed by atoms with Crippen LogP contribution in [0.25, 0.3) is 0 Å². The molecule has 0 unspecified atom stereocenters. The monoisotopic (exact) mass is 340 g/mol. The van der Waals surface area contributed by atoms with Crippen LogP contribution < -0.4 is 10.6 Å². The first-order valence-electron chi connectivity index (χ1n) is 8.95. The summed E-state index contributed by atoms with van der Waals surface area (Å²) in [4.78, 5) is 8.94. The van der Waals surface area contributed by atoms with Crippen molar-refractivity contribution in [3.63, 3.8) is 0 Å². The van der Waals surface area contributed by atoms with Crippen LogP contribution in [0.2, 0.25) is 0 Å². The van der Waals surface area contributed by atoms with Crippen molar-refractivity contribution in [1.29, 1.82) is 0 Å². The van der Waals surface area contributed by atoms with Gasteiger partial charge in [0, 0.05) is 24.8 Å². The smallest absolute Gasteiger partial charge is 0.225 e. The Kier molecular flexibility index (Phi) is 5.99. The molecule has 0 fully saturated rings. The lowest BCUT2D eigenvalue weighted by molar-refractivity contribution is 0.627. The van der Waals surface area contributed by atoms with Crippen LogP contribution in [0.1, 0.15) is 43.4 Å². The van der Waals surface area contributed by atoms with E-state index in [2.05, 4.69) is 26.7 Å². The molecular formula is C20H25FN4. The van der Waals surface area contributed by atoms with Gasteiger partial charge in [-0.25, -0.2) is 9.37 Å². The minimum Gasteiger partial charge on any atom is -0.370 e. The third-order valence-electron chi connectivity index (χ3n) is 4.36. The zero-order chi connectivity index (χ0) is 17.5. The summed E-state index contributed by atoms with van der Waals surface area (Å²) in [6.45, 7) is 3.41. The highest BCUT2D eigenvalue weighted by molar-refractivity contribution is 5.42. The molecule has 5 heteroatoms. The molecule has 1 aromatic heterocycles. The number of anilines is 2. The van der Waals surface area contributed by atoms with Crippen LogP contribution in [0.4, 0.5) is 16.2 Å². The van der Waals surface area contributed by atoms with Crippen LogP contribution in [0, 0.1) is 12.7 Å². The van der Waals surface area contributed by atoms with Crippen LogP contribution in [0.5, 0.6) is 0 Å². The number of nitrogens with one attached hydrogen (secondary N) is 2. The molecule has 1 aliphatic carbocycles. The normalized spacial score (nSPS) is 14.1. The second-order valence-corrected chi connectivity index (χ2v) is 6.48. The summed E-state index contributed by atoms with van der Waals surface area (Å²) < 4.78 is 13.0. The topological polar surface area (TPSA) is 49.8 Å². The maximum atomic E-state index is 13.0. The number of rotatable bonds is 7. The first-order chi connectivity index (χ1) is 12.2. The SMILES string of the molecule is Cc1cc(NCCC2=CCCCC2)nc(NCc2ccc(F)cc2)n1. The Balaban J connectivity index is 1.54. The highest BCUT2D eigenvalue weighted by Crippen LogP contribution is 2.20. The van der Waals surface area contributed by atoms with Gasteiger partial charge in [0.15, 0.2) is 0 Å². The molecule has 132 valence electrons. The van der Waals surface area contributed by atoms with Gasteiger partial charge in [-0.05, 0) is 56.7 Å². The van der Waals surface area contributed by atoms with E-state index in [-0.39, 0.29) is 5.82 Å². The van der Waals surface area contributed by atoms with E-state index in [1.54, 1.807) is 17.7 Å². The van der Waals surface area contributed by atoms with Crippen LogP contribution in [0.3, 0.4) is 0 Å². The summed E-state index contributed by atoms with van der Waals surface area (Å²) in [5.41, 5.74) is 3.46.